The molecule has 0 rings (SSSR count). The normalized spacial score (nSPS) is 11.5. The quantitative estimate of drug-likeness (QED) is 0.338. The maximum absolute atomic E-state index is 9.46. The summed E-state index contributed by atoms with van der Waals surface area (Å²) in [5.74, 6) is 0. The van der Waals surface area contributed by atoms with E-state index < -0.39 is 0 Å². The van der Waals surface area contributed by atoms with Crippen molar-refractivity contribution in [3.05, 3.63) is 24.5 Å². The van der Waals surface area contributed by atoms with E-state index in [1.54, 1.807) is 12.2 Å². The maximum atomic E-state index is 9.46. The Morgan fingerprint density at radius 2 is 2.00 bits per heavy atom. The Hall–Kier alpha value is -0.720. The molecule has 0 aromatic heterocycles. The van der Waals surface area contributed by atoms with Crippen LogP contribution in [0, 0.1) is 0 Å². The highest BCUT2D eigenvalue weighted by atomic mass is 16.2. The lowest BCUT2D eigenvalue weighted by Crippen LogP contribution is -1.42. The van der Waals surface area contributed by atoms with Crippen LogP contribution in [0.1, 0.15) is 6.92 Å². The Labute approximate surface area is 37.6 Å². The van der Waals surface area contributed by atoms with Gasteiger partial charge >= 0.3 is 0 Å². The SMILES string of the molecule is CC=CC=C[O]. The van der Waals surface area contributed by atoms with E-state index in [0.29, 0.717) is 0 Å². The van der Waals surface area contributed by atoms with E-state index in [0.717, 1.165) is 6.26 Å². The molecule has 0 aliphatic rings. The van der Waals surface area contributed by atoms with Gasteiger partial charge in [0.2, 0.25) is 0 Å². The summed E-state index contributed by atoms with van der Waals surface area (Å²) in [6.07, 6.45) is 5.68. The molecule has 1 heteroatoms. The van der Waals surface area contributed by atoms with Gasteiger partial charge in [0, 0.05) is 0 Å². The zero-order valence-electron chi connectivity index (χ0n) is 3.72. The van der Waals surface area contributed by atoms with Gasteiger partial charge in [-0.25, -0.2) is 0 Å². The van der Waals surface area contributed by atoms with E-state index in [-0.39, 0.29) is 0 Å². The van der Waals surface area contributed by atoms with Gasteiger partial charge in [0.1, 0.15) is 6.26 Å². The molecule has 0 spiro atoms. The highest BCUT2D eigenvalue weighted by Gasteiger charge is 1.52. The predicted molar refractivity (Wildman–Crippen MR) is 24.6 cm³/mol. The van der Waals surface area contributed by atoms with E-state index in [2.05, 4.69) is 0 Å². The largest absolute Gasteiger partial charge is 0.299 e. The average molecular weight is 83.1 g/mol. The topological polar surface area (TPSA) is 19.9 Å². The lowest BCUT2D eigenvalue weighted by Gasteiger charge is -1.59. The van der Waals surface area contributed by atoms with Crippen LogP contribution < -0.4 is 0 Å². The van der Waals surface area contributed by atoms with Crippen LogP contribution in [-0.4, -0.2) is 0 Å². The van der Waals surface area contributed by atoms with Crippen molar-refractivity contribution in [1.29, 1.82) is 0 Å². The van der Waals surface area contributed by atoms with E-state index in [4.69, 9.17) is 0 Å². The first kappa shape index (κ1) is 5.28. The zero-order chi connectivity index (χ0) is 4.83. The summed E-state index contributed by atoms with van der Waals surface area (Å²) in [6.45, 7) is 1.86. The van der Waals surface area contributed by atoms with Crippen molar-refractivity contribution < 1.29 is 5.11 Å². The molecule has 33 valence electrons. The fourth-order valence-electron chi connectivity index (χ4n) is 0.156. The van der Waals surface area contributed by atoms with Crippen LogP contribution in [0.15, 0.2) is 24.5 Å². The van der Waals surface area contributed by atoms with Crippen molar-refractivity contribution in [1.82, 2.24) is 0 Å². The smallest absolute Gasteiger partial charge is 0.142 e. The molecule has 1 radical (unpaired) electrons. The lowest BCUT2D eigenvalue weighted by atomic mass is 10.5. The Balaban J connectivity index is 3.07. The van der Waals surface area contributed by atoms with Crippen molar-refractivity contribution in [2.45, 2.75) is 6.92 Å². The molecule has 0 amide bonds. The summed E-state index contributed by atoms with van der Waals surface area (Å²) in [4.78, 5) is 0. The summed E-state index contributed by atoms with van der Waals surface area (Å²) < 4.78 is 0. The molecule has 6 heavy (non-hydrogen) atoms. The average Bonchev–Trinajstić information content (AvgIpc) is 1.61. The van der Waals surface area contributed by atoms with Gasteiger partial charge < -0.3 is 0 Å². The molecule has 0 aliphatic carbocycles. The molecule has 0 aromatic rings. The van der Waals surface area contributed by atoms with E-state index in [1.807, 2.05) is 6.92 Å². The molecule has 0 bridgehead atoms. The minimum absolute atomic E-state index is 0.750. The number of hydrogen-bond acceptors (Lipinski definition) is 0. The van der Waals surface area contributed by atoms with Crippen molar-refractivity contribution in [3.63, 3.8) is 0 Å². The third kappa shape index (κ3) is 3.28. The maximum Gasteiger partial charge on any atom is 0.142 e. The summed E-state index contributed by atoms with van der Waals surface area (Å²) in [5, 5.41) is 9.46. The molecule has 0 aromatic carbocycles. The molecule has 1 nitrogen and oxygen atoms in total. The van der Waals surface area contributed by atoms with Gasteiger partial charge in [0.05, 0.1) is 0 Å². The molecule has 0 N–H and O–H groups in total. The monoisotopic (exact) mass is 83.0 g/mol. The Morgan fingerprint density at radius 1 is 1.33 bits per heavy atom. The van der Waals surface area contributed by atoms with Crippen LogP contribution in [0.2, 0.25) is 0 Å². The highest BCUT2D eigenvalue weighted by Crippen LogP contribution is 1.69. The van der Waals surface area contributed by atoms with Crippen LogP contribution in [-0.2, 0) is 5.11 Å². The number of allylic oxidation sites excluding steroid dienone is 3. The van der Waals surface area contributed by atoms with Crippen LogP contribution in [0.3, 0.4) is 0 Å². The summed E-state index contributed by atoms with van der Waals surface area (Å²) in [5.41, 5.74) is 0. The van der Waals surface area contributed by atoms with Crippen molar-refractivity contribution >= 4 is 0 Å². The van der Waals surface area contributed by atoms with E-state index in [1.165, 1.54) is 6.08 Å². The first-order valence-corrected chi connectivity index (χ1v) is 1.81. The molecule has 0 atom stereocenters. The van der Waals surface area contributed by atoms with Gasteiger partial charge in [-0.3, -0.25) is 5.11 Å². The molecular weight excluding hydrogens is 76.1 g/mol. The first-order chi connectivity index (χ1) is 2.91. The third-order valence-corrected chi connectivity index (χ3v) is 0.382. The van der Waals surface area contributed by atoms with Crippen LogP contribution in [0.4, 0.5) is 0 Å². The van der Waals surface area contributed by atoms with Crippen LogP contribution in [0.5, 0.6) is 0 Å². The summed E-state index contributed by atoms with van der Waals surface area (Å²) in [7, 11) is 0. The number of hydrogen-bond donors (Lipinski definition) is 0. The van der Waals surface area contributed by atoms with Crippen molar-refractivity contribution in [2.75, 3.05) is 0 Å². The van der Waals surface area contributed by atoms with Gasteiger partial charge in [-0.05, 0) is 13.0 Å². The lowest BCUT2D eigenvalue weighted by molar-refractivity contribution is 0.352. The first-order valence-electron chi connectivity index (χ1n) is 1.81. The zero-order valence-corrected chi connectivity index (χ0v) is 3.72. The molecule has 0 heterocycles. The van der Waals surface area contributed by atoms with E-state index >= 15 is 0 Å². The second-order valence-electron chi connectivity index (χ2n) is 0.854. The Bertz CT molecular complexity index is 52.3. The second kappa shape index (κ2) is 4.28. The minimum Gasteiger partial charge on any atom is -0.299 e. The molecule has 0 saturated heterocycles. The van der Waals surface area contributed by atoms with Gasteiger partial charge in [-0.2, -0.15) is 0 Å². The molecular formula is C5H7O. The van der Waals surface area contributed by atoms with Crippen molar-refractivity contribution in [3.8, 4) is 0 Å². The predicted octanol–water partition coefficient (Wildman–Crippen LogP) is 1.51. The van der Waals surface area contributed by atoms with Gasteiger partial charge in [0.25, 0.3) is 0 Å². The molecule has 0 unspecified atom stereocenters. The summed E-state index contributed by atoms with van der Waals surface area (Å²) >= 11 is 0. The highest BCUT2D eigenvalue weighted by molar-refractivity contribution is 4.96. The fourth-order valence-corrected chi connectivity index (χ4v) is 0.156. The van der Waals surface area contributed by atoms with Gasteiger partial charge in [0.15, 0.2) is 0 Å². The Morgan fingerprint density at radius 3 is 2.17 bits per heavy atom. The van der Waals surface area contributed by atoms with Crippen molar-refractivity contribution in [2.24, 2.45) is 0 Å². The minimum atomic E-state index is 0.750. The number of rotatable bonds is 1. The second-order valence-corrected chi connectivity index (χ2v) is 0.854. The Kier molecular flexibility index (Phi) is 3.77. The third-order valence-electron chi connectivity index (χ3n) is 0.382. The van der Waals surface area contributed by atoms with Gasteiger partial charge in [-0.15, -0.1) is 0 Å². The van der Waals surface area contributed by atoms with E-state index in [9.17, 15) is 5.11 Å². The van der Waals surface area contributed by atoms with Gasteiger partial charge in [-0.1, -0.05) is 12.2 Å². The standard InChI is InChI=1S/C5H7O/c1-2-3-4-5-6/h2-5H,1H3. The summed E-state index contributed by atoms with van der Waals surface area (Å²) in [6, 6.07) is 0. The van der Waals surface area contributed by atoms with Crippen LogP contribution in [0.25, 0.3) is 0 Å². The fraction of sp³-hybridized carbons (Fsp3) is 0.200. The molecule has 0 fully saturated rings. The molecule has 0 aliphatic heterocycles. The molecule has 0 saturated carbocycles. The van der Waals surface area contributed by atoms with Crippen LogP contribution >= 0.6 is 0 Å².